The van der Waals surface area contributed by atoms with Gasteiger partial charge in [0.2, 0.25) is 5.91 Å². The van der Waals surface area contributed by atoms with Crippen LogP contribution in [0.25, 0.3) is 10.2 Å². The van der Waals surface area contributed by atoms with Gasteiger partial charge >= 0.3 is 0 Å². The number of amides is 1. The number of thioether (sulfide) groups is 1. The first-order valence-electron chi connectivity index (χ1n) is 7.57. The number of thiophene rings is 1. The van der Waals surface area contributed by atoms with Crippen LogP contribution in [0.4, 0.5) is 5.69 Å². The van der Waals surface area contributed by atoms with Gasteiger partial charge in [0, 0.05) is 11.6 Å². The van der Waals surface area contributed by atoms with E-state index in [2.05, 4.69) is 16.9 Å². The zero-order valence-corrected chi connectivity index (χ0v) is 17.6. The van der Waals surface area contributed by atoms with E-state index in [1.165, 1.54) is 28.0 Å². The third-order valence-electron chi connectivity index (χ3n) is 3.46. The van der Waals surface area contributed by atoms with Crippen LogP contribution < -0.4 is 10.9 Å². The van der Waals surface area contributed by atoms with Crippen LogP contribution in [-0.2, 0) is 11.3 Å². The van der Waals surface area contributed by atoms with Crippen molar-refractivity contribution in [2.75, 3.05) is 11.1 Å². The highest BCUT2D eigenvalue weighted by molar-refractivity contribution is 7.99. The number of carbonyl (C=O) groups excluding carboxylic acids is 1. The predicted octanol–water partition coefficient (Wildman–Crippen LogP) is 5.34. The molecule has 140 valence electrons. The van der Waals surface area contributed by atoms with E-state index in [-0.39, 0.29) is 27.3 Å². The second-order valence-electron chi connectivity index (χ2n) is 5.32. The molecular formula is C17H12Cl3N3O2S2. The monoisotopic (exact) mass is 459 g/mol. The summed E-state index contributed by atoms with van der Waals surface area (Å²) in [6.07, 6.45) is 1.61. The number of rotatable bonds is 6. The van der Waals surface area contributed by atoms with Crippen LogP contribution in [0.5, 0.6) is 0 Å². The Morgan fingerprint density at radius 3 is 2.70 bits per heavy atom. The van der Waals surface area contributed by atoms with Crippen molar-refractivity contribution in [1.82, 2.24) is 9.55 Å². The number of halogens is 3. The summed E-state index contributed by atoms with van der Waals surface area (Å²) in [4.78, 5) is 30.0. The zero-order chi connectivity index (χ0) is 19.6. The van der Waals surface area contributed by atoms with Crippen molar-refractivity contribution in [3.8, 4) is 0 Å². The molecule has 1 N–H and O–H groups in total. The van der Waals surface area contributed by atoms with Crippen LogP contribution in [-0.4, -0.2) is 21.2 Å². The molecule has 0 aliphatic rings. The number of aromatic nitrogens is 2. The molecular weight excluding hydrogens is 449 g/mol. The first-order chi connectivity index (χ1) is 12.9. The van der Waals surface area contributed by atoms with Crippen LogP contribution in [0.15, 0.2) is 46.2 Å². The number of nitrogens with zero attached hydrogens (tertiary/aromatic N) is 2. The second kappa shape index (κ2) is 8.67. The molecule has 1 amide bonds. The fourth-order valence-electron chi connectivity index (χ4n) is 2.30. The molecule has 27 heavy (non-hydrogen) atoms. The number of hydrogen-bond donors (Lipinski definition) is 1. The molecule has 2 heterocycles. The Morgan fingerprint density at radius 1 is 1.33 bits per heavy atom. The zero-order valence-electron chi connectivity index (χ0n) is 13.7. The highest BCUT2D eigenvalue weighted by Gasteiger charge is 2.15. The Labute approximate surface area is 178 Å². The maximum Gasteiger partial charge on any atom is 0.263 e. The third-order valence-corrected chi connectivity index (χ3v) is 6.06. The van der Waals surface area contributed by atoms with Gasteiger partial charge in [0.1, 0.15) is 4.83 Å². The van der Waals surface area contributed by atoms with E-state index in [1.54, 1.807) is 12.1 Å². The first-order valence-corrected chi connectivity index (χ1v) is 10.6. The summed E-state index contributed by atoms with van der Waals surface area (Å²) < 4.78 is 1.49. The summed E-state index contributed by atoms with van der Waals surface area (Å²) in [5.74, 6) is -0.313. The molecule has 0 aliphatic heterocycles. The van der Waals surface area contributed by atoms with Crippen LogP contribution in [0.2, 0.25) is 15.1 Å². The first kappa shape index (κ1) is 20.2. The number of anilines is 1. The number of carbonyl (C=O) groups is 1. The van der Waals surface area contributed by atoms with Crippen molar-refractivity contribution in [1.29, 1.82) is 0 Å². The van der Waals surface area contributed by atoms with Crippen molar-refractivity contribution in [3.05, 3.63) is 61.7 Å². The smallest absolute Gasteiger partial charge is 0.263 e. The van der Waals surface area contributed by atoms with E-state index in [4.69, 9.17) is 34.8 Å². The minimum atomic E-state index is -0.336. The molecule has 1 aromatic carbocycles. The summed E-state index contributed by atoms with van der Waals surface area (Å²) in [5, 5.41) is 6.32. The van der Waals surface area contributed by atoms with Gasteiger partial charge in [-0.2, -0.15) is 0 Å². The van der Waals surface area contributed by atoms with Gasteiger partial charge in [-0.3, -0.25) is 14.2 Å². The Bertz CT molecular complexity index is 1070. The van der Waals surface area contributed by atoms with E-state index >= 15 is 0 Å². The lowest BCUT2D eigenvalue weighted by Crippen LogP contribution is -2.23. The fraction of sp³-hybridized carbons (Fsp3) is 0.118. The van der Waals surface area contributed by atoms with Crippen molar-refractivity contribution >= 4 is 79.7 Å². The molecule has 0 spiro atoms. The highest BCUT2D eigenvalue weighted by Crippen LogP contribution is 2.33. The molecule has 0 unspecified atom stereocenters. The Morgan fingerprint density at radius 2 is 2.04 bits per heavy atom. The van der Waals surface area contributed by atoms with E-state index in [9.17, 15) is 9.59 Å². The number of fused-ring (bicyclic) bond motifs is 1. The van der Waals surface area contributed by atoms with Gasteiger partial charge in [-0.05, 0) is 23.6 Å². The minimum Gasteiger partial charge on any atom is -0.323 e. The standard InChI is InChI=1S/C17H12Cl3N3O2S2/c1-2-4-23-16(25)10-3-5-26-15(10)22-17(23)27-8-13(24)21-14-11(19)6-9(18)7-12(14)20/h2-3,5-7H,1,4,8H2,(H,21,24). The Balaban J connectivity index is 1.80. The van der Waals surface area contributed by atoms with Gasteiger partial charge in [-0.25, -0.2) is 4.98 Å². The lowest BCUT2D eigenvalue weighted by atomic mass is 10.3. The minimum absolute atomic E-state index is 0.0236. The van der Waals surface area contributed by atoms with Gasteiger partial charge in [0.15, 0.2) is 5.16 Å². The Hall–Kier alpha value is -1.51. The van der Waals surface area contributed by atoms with Gasteiger partial charge in [-0.1, -0.05) is 52.6 Å². The average Bonchev–Trinajstić information content (AvgIpc) is 3.08. The topological polar surface area (TPSA) is 64.0 Å². The lowest BCUT2D eigenvalue weighted by Gasteiger charge is -2.11. The van der Waals surface area contributed by atoms with Crippen molar-refractivity contribution in [2.24, 2.45) is 0 Å². The lowest BCUT2D eigenvalue weighted by molar-refractivity contribution is -0.113. The molecule has 0 saturated carbocycles. The van der Waals surface area contributed by atoms with Crippen LogP contribution in [0.3, 0.4) is 0 Å². The number of hydrogen-bond acceptors (Lipinski definition) is 5. The molecule has 3 aromatic rings. The molecule has 3 rings (SSSR count). The van der Waals surface area contributed by atoms with Crippen LogP contribution >= 0.6 is 57.9 Å². The molecule has 0 aliphatic carbocycles. The van der Waals surface area contributed by atoms with Crippen LogP contribution in [0, 0.1) is 0 Å². The normalized spacial score (nSPS) is 10.9. The van der Waals surface area contributed by atoms with Gasteiger partial charge < -0.3 is 5.32 Å². The van der Waals surface area contributed by atoms with Crippen molar-refractivity contribution in [3.63, 3.8) is 0 Å². The number of nitrogens with one attached hydrogen (secondary N) is 1. The van der Waals surface area contributed by atoms with Gasteiger partial charge in [-0.15, -0.1) is 17.9 Å². The van der Waals surface area contributed by atoms with Gasteiger partial charge in [0.25, 0.3) is 5.56 Å². The number of allylic oxidation sites excluding steroid dienone is 1. The maximum atomic E-state index is 12.6. The van der Waals surface area contributed by atoms with E-state index in [0.717, 1.165) is 11.8 Å². The molecule has 0 radical (unpaired) electrons. The second-order valence-corrected chi connectivity index (χ2v) is 8.41. The largest absolute Gasteiger partial charge is 0.323 e. The van der Waals surface area contributed by atoms with Gasteiger partial charge in [0.05, 0.1) is 26.9 Å². The quantitative estimate of drug-likeness (QED) is 0.306. The number of benzene rings is 1. The van der Waals surface area contributed by atoms with Crippen molar-refractivity contribution < 1.29 is 4.79 Å². The molecule has 10 heteroatoms. The molecule has 0 saturated heterocycles. The molecule has 0 fully saturated rings. The summed E-state index contributed by atoms with van der Waals surface area (Å²) in [6.45, 7) is 3.97. The SMILES string of the molecule is C=CCn1c(SCC(=O)Nc2c(Cl)cc(Cl)cc2Cl)nc2sccc2c1=O. The van der Waals surface area contributed by atoms with E-state index in [0.29, 0.717) is 32.6 Å². The van der Waals surface area contributed by atoms with E-state index in [1.807, 2.05) is 5.38 Å². The predicted molar refractivity (Wildman–Crippen MR) is 115 cm³/mol. The Kier molecular flexibility index (Phi) is 6.49. The summed E-state index contributed by atoms with van der Waals surface area (Å²) in [6, 6.07) is 4.72. The van der Waals surface area contributed by atoms with E-state index < -0.39 is 0 Å². The highest BCUT2D eigenvalue weighted by atomic mass is 35.5. The molecule has 5 nitrogen and oxygen atoms in total. The average molecular weight is 461 g/mol. The summed E-state index contributed by atoms with van der Waals surface area (Å²) in [7, 11) is 0. The molecule has 0 bridgehead atoms. The third kappa shape index (κ3) is 4.50. The summed E-state index contributed by atoms with van der Waals surface area (Å²) >= 11 is 20.5. The maximum absolute atomic E-state index is 12.6. The summed E-state index contributed by atoms with van der Waals surface area (Å²) in [5.41, 5.74) is 0.131. The fourth-order valence-corrected chi connectivity index (χ4v) is 4.82. The molecule has 2 aromatic heterocycles. The van der Waals surface area contributed by atoms with Crippen LogP contribution in [0.1, 0.15) is 0 Å². The van der Waals surface area contributed by atoms with Crippen molar-refractivity contribution in [2.45, 2.75) is 11.7 Å². The molecule has 0 atom stereocenters.